The third-order valence-electron chi connectivity index (χ3n) is 5.05. The topological polar surface area (TPSA) is 123 Å². The Morgan fingerprint density at radius 3 is 2.86 bits per heavy atom. The lowest BCUT2D eigenvalue weighted by Crippen LogP contribution is -2.39. The largest absolute Gasteiger partial charge is 0.396 e. The Morgan fingerprint density at radius 1 is 1.36 bits per heavy atom. The van der Waals surface area contributed by atoms with Gasteiger partial charge in [0.2, 0.25) is 0 Å². The lowest BCUT2D eigenvalue weighted by atomic mass is 10.1. The Kier molecular flexibility index (Phi) is 5.24. The number of H-pyrrole nitrogens is 2. The third-order valence-corrected chi connectivity index (χ3v) is 6.11. The molecule has 5 N–H and O–H groups in total. The van der Waals surface area contributed by atoms with Crippen LogP contribution >= 0.6 is 11.3 Å². The fourth-order valence-corrected chi connectivity index (χ4v) is 4.77. The lowest BCUT2D eigenvalue weighted by molar-refractivity contribution is -0.0667. The van der Waals surface area contributed by atoms with E-state index in [-0.39, 0.29) is 30.2 Å². The van der Waals surface area contributed by atoms with Crippen molar-refractivity contribution in [2.45, 2.75) is 44.6 Å². The molecule has 0 bridgehead atoms. The maximum absolute atomic E-state index is 12.5. The fourth-order valence-electron chi connectivity index (χ4n) is 3.75. The highest BCUT2D eigenvalue weighted by Gasteiger charge is 2.44. The number of nitrogens with one attached hydrogen (secondary N) is 3. The van der Waals surface area contributed by atoms with E-state index in [9.17, 15) is 15.0 Å². The van der Waals surface area contributed by atoms with Gasteiger partial charge in [-0.25, -0.2) is 4.98 Å². The average molecular weight is 404 g/mol. The van der Waals surface area contributed by atoms with Crippen molar-refractivity contribution in [2.24, 2.45) is 5.92 Å². The molecule has 9 heteroatoms. The molecule has 1 aliphatic rings. The van der Waals surface area contributed by atoms with Crippen LogP contribution in [0.5, 0.6) is 0 Å². The molecule has 2 aromatic heterocycles. The number of anilines is 1. The molecular formula is C19H24N4O4S. The number of aromatic amines is 2. The van der Waals surface area contributed by atoms with E-state index in [4.69, 9.17) is 4.74 Å². The summed E-state index contributed by atoms with van der Waals surface area (Å²) in [7, 11) is 0. The van der Waals surface area contributed by atoms with Gasteiger partial charge in [-0.2, -0.15) is 0 Å². The van der Waals surface area contributed by atoms with E-state index < -0.39 is 12.2 Å². The molecule has 1 aliphatic carbocycles. The van der Waals surface area contributed by atoms with Crippen molar-refractivity contribution >= 4 is 27.4 Å². The highest BCUT2D eigenvalue weighted by Crippen LogP contribution is 2.35. The molecule has 28 heavy (non-hydrogen) atoms. The predicted molar refractivity (Wildman–Crippen MR) is 109 cm³/mol. The smallest absolute Gasteiger partial charge is 0.276 e. The van der Waals surface area contributed by atoms with Crippen LogP contribution in [-0.4, -0.2) is 56.4 Å². The monoisotopic (exact) mass is 404 g/mol. The maximum atomic E-state index is 12.5. The van der Waals surface area contributed by atoms with Crippen molar-refractivity contribution in [3.05, 3.63) is 34.6 Å². The van der Waals surface area contributed by atoms with Crippen molar-refractivity contribution in [3.63, 3.8) is 0 Å². The molecule has 4 rings (SSSR count). The Bertz CT molecular complexity index is 978. The minimum atomic E-state index is -0.776. The van der Waals surface area contributed by atoms with E-state index in [1.54, 1.807) is 0 Å². The van der Waals surface area contributed by atoms with Crippen LogP contribution in [0.2, 0.25) is 0 Å². The van der Waals surface area contributed by atoms with Gasteiger partial charge in [-0.15, -0.1) is 11.3 Å². The van der Waals surface area contributed by atoms with Gasteiger partial charge in [0.25, 0.3) is 5.56 Å². The molecule has 1 unspecified atom stereocenters. The predicted octanol–water partition coefficient (Wildman–Crippen LogP) is 1.93. The molecule has 2 heterocycles. The highest BCUT2D eigenvalue weighted by molar-refractivity contribution is 7.21. The van der Waals surface area contributed by atoms with Crippen LogP contribution < -0.4 is 10.9 Å². The summed E-state index contributed by atoms with van der Waals surface area (Å²) in [4.78, 5) is 17.0. The van der Waals surface area contributed by atoms with Crippen molar-refractivity contribution in [3.8, 4) is 10.6 Å². The Labute approximate surface area is 165 Å². The van der Waals surface area contributed by atoms with E-state index in [1.807, 2.05) is 38.1 Å². The normalized spacial score (nSPS) is 25.0. The number of para-hydroxylation sites is 1. The van der Waals surface area contributed by atoms with Gasteiger partial charge in [0, 0.05) is 12.5 Å². The molecule has 150 valence electrons. The zero-order valence-electron chi connectivity index (χ0n) is 15.7. The van der Waals surface area contributed by atoms with Crippen molar-refractivity contribution < 1.29 is 14.9 Å². The van der Waals surface area contributed by atoms with Crippen LogP contribution in [0.25, 0.3) is 20.8 Å². The van der Waals surface area contributed by atoms with E-state index in [1.165, 1.54) is 11.3 Å². The molecule has 0 radical (unpaired) electrons. The SMILES string of the molecule is CC(C)O[C@H]1C(Nc2[nH][nH]c(=O)c2-c2nc3ccccc3s2)C[C@H](CO)[C@H]1O. The first-order valence-electron chi connectivity index (χ1n) is 9.35. The number of hydrogen-bond acceptors (Lipinski definition) is 7. The molecule has 0 saturated heterocycles. The van der Waals surface area contributed by atoms with Gasteiger partial charge in [-0.05, 0) is 32.4 Å². The molecule has 1 saturated carbocycles. The number of benzene rings is 1. The minimum Gasteiger partial charge on any atom is -0.396 e. The summed E-state index contributed by atoms with van der Waals surface area (Å²) < 4.78 is 6.90. The van der Waals surface area contributed by atoms with Crippen molar-refractivity contribution in [1.82, 2.24) is 15.2 Å². The van der Waals surface area contributed by atoms with Gasteiger partial charge >= 0.3 is 0 Å². The van der Waals surface area contributed by atoms with Crippen molar-refractivity contribution in [1.29, 1.82) is 0 Å². The molecule has 3 aromatic rings. The Hall–Kier alpha value is -2.20. The highest BCUT2D eigenvalue weighted by atomic mass is 32.1. The molecule has 0 aliphatic heterocycles. The molecular weight excluding hydrogens is 380 g/mol. The van der Waals surface area contributed by atoms with E-state index in [0.717, 1.165) is 10.2 Å². The molecule has 1 fully saturated rings. The van der Waals surface area contributed by atoms with Gasteiger partial charge in [0.15, 0.2) is 0 Å². The van der Waals surface area contributed by atoms with Gasteiger partial charge in [0.05, 0.1) is 28.5 Å². The number of hydrogen-bond donors (Lipinski definition) is 5. The summed E-state index contributed by atoms with van der Waals surface area (Å²) in [6.45, 7) is 3.69. The summed E-state index contributed by atoms with van der Waals surface area (Å²) in [6, 6.07) is 7.47. The van der Waals surface area contributed by atoms with Crippen LogP contribution in [0.1, 0.15) is 20.3 Å². The summed E-state index contributed by atoms with van der Waals surface area (Å²) in [5.41, 5.74) is 1.01. The number of nitrogens with zero attached hydrogens (tertiary/aromatic N) is 1. The molecule has 4 atom stereocenters. The van der Waals surface area contributed by atoms with E-state index >= 15 is 0 Å². The van der Waals surface area contributed by atoms with Crippen molar-refractivity contribution in [2.75, 3.05) is 11.9 Å². The lowest BCUT2D eigenvalue weighted by Gasteiger charge is -2.26. The first-order valence-corrected chi connectivity index (χ1v) is 10.2. The zero-order chi connectivity index (χ0) is 19.8. The fraction of sp³-hybridized carbons (Fsp3) is 0.474. The standard InChI is InChI=1S/C19H24N4O4S/c1-9(2)27-16-12(7-10(8-24)15(16)25)20-17-14(18(26)23-22-17)19-21-11-5-3-4-6-13(11)28-19/h3-6,9-10,12,15-16,24-25H,7-8H2,1-2H3,(H3,20,22,23,26)/t10-,12?,15-,16+/m1/s1. The number of ether oxygens (including phenoxy) is 1. The van der Waals surface area contributed by atoms with Gasteiger partial charge in [-0.1, -0.05) is 12.1 Å². The number of aromatic nitrogens is 3. The third kappa shape index (κ3) is 3.46. The first-order chi connectivity index (χ1) is 13.5. The van der Waals surface area contributed by atoms with Crippen LogP contribution in [0.15, 0.2) is 29.1 Å². The number of thiazole rings is 1. The summed E-state index contributed by atoms with van der Waals surface area (Å²) >= 11 is 1.45. The van der Waals surface area contributed by atoms with Gasteiger partial charge < -0.3 is 20.3 Å². The summed E-state index contributed by atoms with van der Waals surface area (Å²) in [5.74, 6) is 0.231. The summed E-state index contributed by atoms with van der Waals surface area (Å²) in [5, 5.41) is 29.5. The maximum Gasteiger partial charge on any atom is 0.276 e. The summed E-state index contributed by atoms with van der Waals surface area (Å²) in [6.07, 6.45) is -0.808. The number of rotatable bonds is 6. The van der Waals surface area contributed by atoms with Crippen LogP contribution in [0.4, 0.5) is 5.82 Å². The second kappa shape index (κ2) is 7.67. The molecule has 1 aromatic carbocycles. The van der Waals surface area contributed by atoms with Gasteiger partial charge in [-0.3, -0.25) is 15.0 Å². The molecule has 8 nitrogen and oxygen atoms in total. The first kappa shape index (κ1) is 19.1. The van der Waals surface area contributed by atoms with Crippen LogP contribution in [0.3, 0.4) is 0 Å². The minimum absolute atomic E-state index is 0.0737. The van der Waals surface area contributed by atoms with Crippen LogP contribution in [0, 0.1) is 5.92 Å². The van der Waals surface area contributed by atoms with Crippen LogP contribution in [-0.2, 0) is 4.74 Å². The molecule has 0 spiro atoms. The zero-order valence-corrected chi connectivity index (χ0v) is 16.5. The number of aliphatic hydroxyl groups is 2. The van der Waals surface area contributed by atoms with E-state index in [0.29, 0.717) is 22.8 Å². The molecule has 0 amide bonds. The Balaban J connectivity index is 1.66. The average Bonchev–Trinajstić information content (AvgIpc) is 3.32. The number of aliphatic hydroxyl groups excluding tert-OH is 2. The second-order valence-electron chi connectivity index (χ2n) is 7.39. The number of fused-ring (bicyclic) bond motifs is 1. The van der Waals surface area contributed by atoms with E-state index in [2.05, 4.69) is 20.5 Å². The second-order valence-corrected chi connectivity index (χ2v) is 8.42. The Morgan fingerprint density at radius 2 is 2.14 bits per heavy atom. The van der Waals surface area contributed by atoms with Gasteiger partial charge in [0.1, 0.15) is 22.5 Å². The quantitative estimate of drug-likeness (QED) is 0.428.